The maximum Gasteiger partial charge on any atom is 0.348 e. The molecule has 2 aromatic heterocycles. The minimum absolute atomic E-state index is 0.273. The van der Waals surface area contributed by atoms with Gasteiger partial charge in [-0.15, -0.1) is 11.3 Å². The van der Waals surface area contributed by atoms with E-state index in [0.29, 0.717) is 31.4 Å². The zero-order chi connectivity index (χ0) is 22.2. The van der Waals surface area contributed by atoms with Gasteiger partial charge in [0.05, 0.1) is 17.8 Å². The lowest BCUT2D eigenvalue weighted by Gasteiger charge is -2.16. The SMILES string of the molecule is Cc1c(Cl)cccc1NC(=O)C(C)n1cnc2sc(C(=O)OC(C)C)c(C)c2c1=O. The van der Waals surface area contributed by atoms with Crippen molar-refractivity contribution in [2.24, 2.45) is 0 Å². The number of aromatic nitrogens is 2. The first kappa shape index (κ1) is 22.0. The Morgan fingerprint density at radius 1 is 1.20 bits per heavy atom. The molecule has 1 unspecified atom stereocenters. The Balaban J connectivity index is 1.96. The molecule has 0 saturated carbocycles. The van der Waals surface area contributed by atoms with Crippen LogP contribution in [-0.4, -0.2) is 27.5 Å². The minimum atomic E-state index is -0.821. The van der Waals surface area contributed by atoms with Gasteiger partial charge in [-0.05, 0) is 57.9 Å². The van der Waals surface area contributed by atoms with E-state index in [9.17, 15) is 14.4 Å². The van der Waals surface area contributed by atoms with Crippen LogP contribution in [-0.2, 0) is 9.53 Å². The van der Waals surface area contributed by atoms with Crippen molar-refractivity contribution in [3.63, 3.8) is 0 Å². The second kappa shape index (κ2) is 8.57. The zero-order valence-corrected chi connectivity index (χ0v) is 18.9. The highest BCUT2D eigenvalue weighted by Crippen LogP contribution is 2.28. The molecule has 3 rings (SSSR count). The highest BCUT2D eigenvalue weighted by molar-refractivity contribution is 7.20. The number of esters is 1. The quantitative estimate of drug-likeness (QED) is 0.582. The van der Waals surface area contributed by atoms with Gasteiger partial charge in [-0.25, -0.2) is 9.78 Å². The molecule has 1 aromatic carbocycles. The van der Waals surface area contributed by atoms with E-state index in [1.54, 1.807) is 52.8 Å². The molecule has 0 fully saturated rings. The fraction of sp³-hybridized carbons (Fsp3) is 0.333. The molecule has 2 heterocycles. The summed E-state index contributed by atoms with van der Waals surface area (Å²) in [6.45, 7) is 8.61. The molecule has 30 heavy (non-hydrogen) atoms. The molecule has 0 radical (unpaired) electrons. The number of ether oxygens (including phenoxy) is 1. The number of benzene rings is 1. The monoisotopic (exact) mass is 447 g/mol. The Kier molecular flexibility index (Phi) is 6.28. The van der Waals surface area contributed by atoms with Gasteiger partial charge >= 0.3 is 5.97 Å². The molecule has 1 atom stereocenters. The van der Waals surface area contributed by atoms with Crippen LogP contribution in [0.3, 0.4) is 0 Å². The third kappa shape index (κ3) is 4.11. The van der Waals surface area contributed by atoms with E-state index < -0.39 is 12.0 Å². The first-order valence-electron chi connectivity index (χ1n) is 9.39. The summed E-state index contributed by atoms with van der Waals surface area (Å²) in [5.74, 6) is -0.866. The van der Waals surface area contributed by atoms with Gasteiger partial charge in [0.2, 0.25) is 5.91 Å². The number of anilines is 1. The highest BCUT2D eigenvalue weighted by atomic mass is 35.5. The van der Waals surface area contributed by atoms with Crippen molar-refractivity contribution in [1.29, 1.82) is 0 Å². The fourth-order valence-electron chi connectivity index (χ4n) is 2.98. The average Bonchev–Trinajstić information content (AvgIpc) is 3.02. The van der Waals surface area contributed by atoms with Crippen molar-refractivity contribution in [2.45, 2.75) is 46.8 Å². The van der Waals surface area contributed by atoms with Crippen LogP contribution in [0.4, 0.5) is 5.69 Å². The summed E-state index contributed by atoms with van der Waals surface area (Å²) in [4.78, 5) is 43.3. The predicted octanol–water partition coefficient (Wildman–Crippen LogP) is 4.49. The molecule has 0 aliphatic rings. The number of amides is 1. The molecular weight excluding hydrogens is 426 g/mol. The number of hydrogen-bond acceptors (Lipinski definition) is 6. The lowest BCUT2D eigenvalue weighted by atomic mass is 10.2. The van der Waals surface area contributed by atoms with Crippen LogP contribution in [0.15, 0.2) is 29.3 Å². The van der Waals surface area contributed by atoms with Crippen molar-refractivity contribution < 1.29 is 14.3 Å². The summed E-state index contributed by atoms with van der Waals surface area (Å²) in [7, 11) is 0. The second-order valence-electron chi connectivity index (χ2n) is 7.23. The number of hydrogen-bond donors (Lipinski definition) is 1. The van der Waals surface area contributed by atoms with Crippen LogP contribution in [0, 0.1) is 13.8 Å². The van der Waals surface area contributed by atoms with Crippen LogP contribution >= 0.6 is 22.9 Å². The minimum Gasteiger partial charge on any atom is -0.459 e. The second-order valence-corrected chi connectivity index (χ2v) is 8.63. The maximum absolute atomic E-state index is 13.1. The van der Waals surface area contributed by atoms with Crippen LogP contribution in [0.5, 0.6) is 0 Å². The average molecular weight is 448 g/mol. The topological polar surface area (TPSA) is 90.3 Å². The Morgan fingerprint density at radius 3 is 2.57 bits per heavy atom. The molecule has 1 amide bonds. The van der Waals surface area contributed by atoms with Crippen LogP contribution in [0.1, 0.15) is 47.6 Å². The van der Waals surface area contributed by atoms with E-state index in [-0.39, 0.29) is 17.6 Å². The summed E-state index contributed by atoms with van der Waals surface area (Å²) < 4.78 is 6.51. The Hall–Kier alpha value is -2.71. The molecule has 0 saturated heterocycles. The Morgan fingerprint density at radius 2 is 1.90 bits per heavy atom. The Bertz CT molecular complexity index is 1200. The van der Waals surface area contributed by atoms with Crippen molar-refractivity contribution in [2.75, 3.05) is 5.32 Å². The number of fused-ring (bicyclic) bond motifs is 1. The molecule has 7 nitrogen and oxygen atoms in total. The maximum atomic E-state index is 13.1. The van der Waals surface area contributed by atoms with E-state index in [1.807, 2.05) is 0 Å². The number of nitrogens with one attached hydrogen (secondary N) is 1. The molecule has 0 bridgehead atoms. The summed E-state index contributed by atoms with van der Waals surface area (Å²) in [5, 5.41) is 3.66. The molecular formula is C21H22ClN3O4S. The summed E-state index contributed by atoms with van der Waals surface area (Å²) >= 11 is 7.22. The fourth-order valence-corrected chi connectivity index (χ4v) is 4.18. The van der Waals surface area contributed by atoms with Gasteiger partial charge in [-0.2, -0.15) is 0 Å². The molecule has 9 heteroatoms. The standard InChI is InChI=1S/C21H22ClN3O4S/c1-10(2)29-21(28)17-12(4)16-19(30-17)23-9-25(20(16)27)13(5)18(26)24-15-8-6-7-14(22)11(15)3/h6-10,13H,1-5H3,(H,24,26). The van der Waals surface area contributed by atoms with Gasteiger partial charge in [0.25, 0.3) is 5.56 Å². The predicted molar refractivity (Wildman–Crippen MR) is 119 cm³/mol. The number of carbonyl (C=O) groups is 2. The largest absolute Gasteiger partial charge is 0.459 e. The smallest absolute Gasteiger partial charge is 0.348 e. The molecule has 0 aliphatic carbocycles. The van der Waals surface area contributed by atoms with Crippen LogP contribution in [0.2, 0.25) is 5.02 Å². The van der Waals surface area contributed by atoms with Crippen molar-refractivity contribution >= 4 is 50.7 Å². The Labute approximate surface area is 182 Å². The number of halogens is 1. The van der Waals surface area contributed by atoms with E-state index in [1.165, 1.54) is 10.9 Å². The molecule has 158 valence electrons. The highest BCUT2D eigenvalue weighted by Gasteiger charge is 2.24. The third-order valence-electron chi connectivity index (χ3n) is 4.73. The van der Waals surface area contributed by atoms with E-state index >= 15 is 0 Å². The van der Waals surface area contributed by atoms with Gasteiger partial charge in [0, 0.05) is 10.7 Å². The summed E-state index contributed by atoms with van der Waals surface area (Å²) in [5.41, 5.74) is 1.43. The van der Waals surface area contributed by atoms with E-state index in [4.69, 9.17) is 16.3 Å². The van der Waals surface area contributed by atoms with Gasteiger partial charge in [-0.3, -0.25) is 14.2 Å². The number of rotatable bonds is 5. The molecule has 3 aromatic rings. The number of aryl methyl sites for hydroxylation is 1. The lowest BCUT2D eigenvalue weighted by Crippen LogP contribution is -2.32. The van der Waals surface area contributed by atoms with Gasteiger partial charge in [0.15, 0.2) is 0 Å². The van der Waals surface area contributed by atoms with Crippen LogP contribution in [0.25, 0.3) is 10.2 Å². The first-order valence-corrected chi connectivity index (χ1v) is 10.6. The third-order valence-corrected chi connectivity index (χ3v) is 6.32. The van der Waals surface area contributed by atoms with Gasteiger partial charge in [0.1, 0.15) is 15.7 Å². The van der Waals surface area contributed by atoms with Gasteiger partial charge in [-0.1, -0.05) is 17.7 Å². The number of carbonyl (C=O) groups excluding carboxylic acids is 2. The molecule has 0 spiro atoms. The molecule has 0 aliphatic heterocycles. The lowest BCUT2D eigenvalue weighted by molar-refractivity contribution is -0.118. The van der Waals surface area contributed by atoms with Crippen molar-refractivity contribution in [1.82, 2.24) is 9.55 Å². The summed E-state index contributed by atoms with van der Waals surface area (Å²) in [6, 6.07) is 4.39. The first-order chi connectivity index (χ1) is 14.1. The van der Waals surface area contributed by atoms with Crippen molar-refractivity contribution in [3.8, 4) is 0 Å². The number of thiophene rings is 1. The summed E-state index contributed by atoms with van der Waals surface area (Å²) in [6.07, 6.45) is 1.05. The molecule has 1 N–H and O–H groups in total. The van der Waals surface area contributed by atoms with Crippen molar-refractivity contribution in [3.05, 3.63) is 55.9 Å². The van der Waals surface area contributed by atoms with Crippen LogP contribution < -0.4 is 10.9 Å². The normalized spacial score (nSPS) is 12.2. The van der Waals surface area contributed by atoms with E-state index in [2.05, 4.69) is 10.3 Å². The number of nitrogens with zero attached hydrogens (tertiary/aromatic N) is 2. The van der Waals surface area contributed by atoms with E-state index in [0.717, 1.165) is 16.9 Å². The zero-order valence-electron chi connectivity index (χ0n) is 17.3. The van der Waals surface area contributed by atoms with Gasteiger partial charge < -0.3 is 10.1 Å².